The second-order valence-corrected chi connectivity index (χ2v) is 7.51. The summed E-state index contributed by atoms with van der Waals surface area (Å²) in [4.78, 5) is 0.113. The summed E-state index contributed by atoms with van der Waals surface area (Å²) >= 11 is 0. The van der Waals surface area contributed by atoms with E-state index in [0.29, 0.717) is 0 Å². The lowest BCUT2D eigenvalue weighted by Crippen LogP contribution is -2.42. The molecule has 0 bridgehead atoms. The number of benzene rings is 1. The second-order valence-electron chi connectivity index (χ2n) is 5.52. The Morgan fingerprint density at radius 1 is 1.17 bits per heavy atom. The fraction of sp³-hybridized carbons (Fsp3) is 0.538. The van der Waals surface area contributed by atoms with Gasteiger partial charge in [-0.3, -0.25) is 0 Å². The van der Waals surface area contributed by atoms with Gasteiger partial charge in [0.2, 0.25) is 10.0 Å². The third kappa shape index (κ3) is 3.09. The summed E-state index contributed by atoms with van der Waals surface area (Å²) in [5.41, 5.74) is -0.165. The zero-order valence-corrected chi connectivity index (χ0v) is 12.3. The van der Waals surface area contributed by atoms with Crippen molar-refractivity contribution in [3.63, 3.8) is 0 Å². The molecule has 3 nitrogen and oxygen atoms in total. The van der Waals surface area contributed by atoms with Crippen LogP contribution in [0, 0.1) is 11.2 Å². The van der Waals surface area contributed by atoms with Gasteiger partial charge in [-0.25, -0.2) is 12.8 Å². The lowest BCUT2D eigenvalue weighted by molar-refractivity contribution is 0.216. The molecule has 0 saturated carbocycles. The van der Waals surface area contributed by atoms with Crippen LogP contribution < -0.4 is 0 Å². The molecular formula is C13H20FNO2S. The molecule has 5 heteroatoms. The molecule has 0 saturated heterocycles. The smallest absolute Gasteiger partial charge is 0.207 e. The average molecular weight is 273 g/mol. The molecule has 0 N–H and O–H groups in total. The van der Waals surface area contributed by atoms with Crippen molar-refractivity contribution in [2.45, 2.75) is 38.6 Å². The standard InChI is InChI=1S/C13H20FNO2S/c1-10(13(2,3)4)15(5)18(16,17)12-8-6-11(14)7-9-12/h6-10H,1-5H3. The van der Waals surface area contributed by atoms with Crippen molar-refractivity contribution < 1.29 is 12.8 Å². The third-order valence-corrected chi connectivity index (χ3v) is 5.23. The van der Waals surface area contributed by atoms with E-state index in [2.05, 4.69) is 0 Å². The highest BCUT2D eigenvalue weighted by Crippen LogP contribution is 2.27. The Bertz CT molecular complexity index is 503. The highest BCUT2D eigenvalue weighted by molar-refractivity contribution is 7.89. The van der Waals surface area contributed by atoms with Crippen LogP contribution in [0.25, 0.3) is 0 Å². The maximum Gasteiger partial charge on any atom is 0.243 e. The van der Waals surface area contributed by atoms with Gasteiger partial charge in [-0.2, -0.15) is 4.31 Å². The summed E-state index contributed by atoms with van der Waals surface area (Å²) in [6.07, 6.45) is 0. The summed E-state index contributed by atoms with van der Waals surface area (Å²) in [7, 11) is -2.02. The van der Waals surface area contributed by atoms with Crippen LogP contribution in [-0.2, 0) is 10.0 Å². The molecule has 1 unspecified atom stereocenters. The fourth-order valence-corrected chi connectivity index (χ4v) is 3.07. The van der Waals surface area contributed by atoms with Gasteiger partial charge in [0, 0.05) is 13.1 Å². The van der Waals surface area contributed by atoms with Crippen LogP contribution in [0.2, 0.25) is 0 Å². The van der Waals surface area contributed by atoms with Crippen LogP contribution in [0.15, 0.2) is 29.2 Å². The first-order valence-electron chi connectivity index (χ1n) is 5.80. The van der Waals surface area contributed by atoms with Crippen LogP contribution >= 0.6 is 0 Å². The summed E-state index contributed by atoms with van der Waals surface area (Å²) in [5.74, 6) is -0.444. The van der Waals surface area contributed by atoms with Gasteiger partial charge in [0.15, 0.2) is 0 Å². The van der Waals surface area contributed by atoms with Gasteiger partial charge in [-0.15, -0.1) is 0 Å². The van der Waals surface area contributed by atoms with E-state index in [1.807, 2.05) is 27.7 Å². The minimum absolute atomic E-state index is 0.113. The summed E-state index contributed by atoms with van der Waals surface area (Å²) in [5, 5.41) is 0. The zero-order valence-electron chi connectivity index (χ0n) is 11.4. The Labute approximate surface area is 109 Å². The van der Waals surface area contributed by atoms with Gasteiger partial charge in [-0.05, 0) is 36.6 Å². The molecule has 1 atom stereocenters. The van der Waals surface area contributed by atoms with E-state index in [0.717, 1.165) is 12.1 Å². The Balaban J connectivity index is 3.11. The number of halogens is 1. The largest absolute Gasteiger partial charge is 0.243 e. The van der Waals surface area contributed by atoms with Gasteiger partial charge in [0.05, 0.1) is 4.90 Å². The molecular weight excluding hydrogens is 253 g/mol. The first-order chi connectivity index (χ1) is 8.06. The maximum atomic E-state index is 12.8. The molecule has 0 amide bonds. The van der Waals surface area contributed by atoms with Crippen LogP contribution in [0.3, 0.4) is 0 Å². The van der Waals surface area contributed by atoms with Crippen molar-refractivity contribution in [2.24, 2.45) is 5.41 Å². The predicted octanol–water partition coefficient (Wildman–Crippen LogP) is 2.88. The van der Waals surface area contributed by atoms with Gasteiger partial charge in [-0.1, -0.05) is 20.8 Å². The fourth-order valence-electron chi connectivity index (χ4n) is 1.53. The number of hydrogen-bond acceptors (Lipinski definition) is 2. The van der Waals surface area contributed by atoms with Crippen molar-refractivity contribution in [1.29, 1.82) is 0 Å². The number of nitrogens with zero attached hydrogens (tertiary/aromatic N) is 1. The highest BCUT2D eigenvalue weighted by atomic mass is 32.2. The molecule has 0 fully saturated rings. The Hall–Kier alpha value is -0.940. The normalized spacial score (nSPS) is 14.8. The van der Waals surface area contributed by atoms with Crippen LogP contribution in [0.4, 0.5) is 4.39 Å². The second kappa shape index (κ2) is 4.97. The Morgan fingerprint density at radius 3 is 2.00 bits per heavy atom. The quantitative estimate of drug-likeness (QED) is 0.849. The van der Waals surface area contributed by atoms with E-state index in [4.69, 9.17) is 0 Å². The van der Waals surface area contributed by atoms with Crippen molar-refractivity contribution in [1.82, 2.24) is 4.31 Å². The number of sulfonamides is 1. The first-order valence-corrected chi connectivity index (χ1v) is 7.24. The maximum absolute atomic E-state index is 12.8. The monoisotopic (exact) mass is 273 g/mol. The lowest BCUT2D eigenvalue weighted by Gasteiger charge is -2.34. The van der Waals surface area contributed by atoms with Gasteiger partial charge < -0.3 is 0 Å². The molecule has 0 radical (unpaired) electrons. The van der Waals surface area contributed by atoms with Gasteiger partial charge in [0.1, 0.15) is 5.82 Å². The van der Waals surface area contributed by atoms with Gasteiger partial charge >= 0.3 is 0 Å². The SMILES string of the molecule is CC(N(C)S(=O)(=O)c1ccc(F)cc1)C(C)(C)C. The molecule has 1 rings (SSSR count). The van der Waals surface area contributed by atoms with E-state index in [1.165, 1.54) is 16.4 Å². The summed E-state index contributed by atoms with van der Waals surface area (Å²) < 4.78 is 38.8. The molecule has 1 aromatic carbocycles. The topological polar surface area (TPSA) is 37.4 Å². The van der Waals surface area contributed by atoms with Crippen molar-refractivity contribution in [3.05, 3.63) is 30.1 Å². The number of hydrogen-bond donors (Lipinski definition) is 0. The first kappa shape index (κ1) is 15.1. The Morgan fingerprint density at radius 2 is 1.61 bits per heavy atom. The Kier molecular flexibility index (Phi) is 4.18. The minimum atomic E-state index is -3.57. The van der Waals surface area contributed by atoms with Gasteiger partial charge in [0.25, 0.3) is 0 Å². The van der Waals surface area contributed by atoms with E-state index in [9.17, 15) is 12.8 Å². The molecule has 0 heterocycles. The molecule has 0 spiro atoms. The van der Waals surface area contributed by atoms with E-state index in [-0.39, 0.29) is 16.4 Å². The van der Waals surface area contributed by atoms with E-state index >= 15 is 0 Å². The molecule has 0 aliphatic carbocycles. The number of rotatable bonds is 3. The molecule has 18 heavy (non-hydrogen) atoms. The molecule has 0 aliphatic rings. The summed E-state index contributed by atoms with van der Waals surface area (Å²) in [6, 6.07) is 4.73. The molecule has 0 aliphatic heterocycles. The zero-order chi connectivity index (χ0) is 14.1. The molecule has 0 aromatic heterocycles. The molecule has 1 aromatic rings. The van der Waals surface area contributed by atoms with E-state index in [1.54, 1.807) is 7.05 Å². The van der Waals surface area contributed by atoms with Crippen molar-refractivity contribution in [2.75, 3.05) is 7.05 Å². The predicted molar refractivity (Wildman–Crippen MR) is 70.3 cm³/mol. The lowest BCUT2D eigenvalue weighted by atomic mass is 9.88. The van der Waals surface area contributed by atoms with Crippen molar-refractivity contribution >= 4 is 10.0 Å². The minimum Gasteiger partial charge on any atom is -0.207 e. The average Bonchev–Trinajstić information content (AvgIpc) is 2.26. The van der Waals surface area contributed by atoms with Crippen LogP contribution in [0.5, 0.6) is 0 Å². The van der Waals surface area contributed by atoms with Crippen molar-refractivity contribution in [3.8, 4) is 0 Å². The van der Waals surface area contributed by atoms with Crippen LogP contribution in [-0.4, -0.2) is 25.8 Å². The van der Waals surface area contributed by atoms with E-state index < -0.39 is 15.8 Å². The molecule has 102 valence electrons. The highest BCUT2D eigenvalue weighted by Gasteiger charge is 2.32. The van der Waals surface area contributed by atoms with Crippen LogP contribution in [0.1, 0.15) is 27.7 Å². The summed E-state index contributed by atoms with van der Waals surface area (Å²) in [6.45, 7) is 7.80. The third-order valence-electron chi connectivity index (χ3n) is 3.29.